The number of H-pyrrole nitrogens is 1. The minimum absolute atomic E-state index is 0.253. The molecular formula is C41H26N2S. The summed E-state index contributed by atoms with van der Waals surface area (Å²) in [7, 11) is 0. The lowest BCUT2D eigenvalue weighted by molar-refractivity contribution is 0.926. The van der Waals surface area contributed by atoms with E-state index in [1.54, 1.807) is 6.33 Å². The Labute approximate surface area is 259 Å². The number of nitrogens with zero attached hydrogens (tertiary/aromatic N) is 1. The summed E-state index contributed by atoms with van der Waals surface area (Å²) < 4.78 is 1.36. The van der Waals surface area contributed by atoms with E-state index in [1.165, 1.54) is 75.8 Å². The van der Waals surface area contributed by atoms with E-state index in [0.717, 1.165) is 17.5 Å². The molecule has 44 heavy (non-hydrogen) atoms. The van der Waals surface area contributed by atoms with Gasteiger partial charge in [0.2, 0.25) is 0 Å². The van der Waals surface area contributed by atoms with E-state index in [-0.39, 0.29) is 5.41 Å². The third kappa shape index (κ3) is 3.28. The zero-order valence-electron chi connectivity index (χ0n) is 23.8. The molecule has 2 aliphatic rings. The fourth-order valence-electron chi connectivity index (χ4n) is 7.63. The zero-order chi connectivity index (χ0) is 28.8. The van der Waals surface area contributed by atoms with Crippen LogP contribution in [0.15, 0.2) is 134 Å². The predicted molar refractivity (Wildman–Crippen MR) is 184 cm³/mol. The van der Waals surface area contributed by atoms with E-state index in [2.05, 4.69) is 143 Å². The molecule has 2 aliphatic carbocycles. The highest BCUT2D eigenvalue weighted by molar-refractivity contribution is 7.20. The van der Waals surface area contributed by atoms with Crippen LogP contribution < -0.4 is 0 Å². The number of benzene rings is 6. The maximum absolute atomic E-state index is 4.48. The fraction of sp³-hybridized carbons (Fsp3) is 0.0488. The molecule has 206 valence electrons. The van der Waals surface area contributed by atoms with Crippen LogP contribution in [0.25, 0.3) is 60.2 Å². The average molecular weight is 579 g/mol. The van der Waals surface area contributed by atoms with E-state index in [9.17, 15) is 0 Å². The van der Waals surface area contributed by atoms with Gasteiger partial charge in [-0.3, -0.25) is 0 Å². The Morgan fingerprint density at radius 3 is 2.36 bits per heavy atom. The van der Waals surface area contributed by atoms with Crippen LogP contribution in [-0.2, 0) is 11.8 Å². The summed E-state index contributed by atoms with van der Waals surface area (Å²) in [6, 6.07) is 45.2. The number of imidazole rings is 1. The predicted octanol–water partition coefficient (Wildman–Crippen LogP) is 10.5. The first-order valence-electron chi connectivity index (χ1n) is 15.2. The summed E-state index contributed by atoms with van der Waals surface area (Å²) in [5.74, 6) is 0. The van der Waals surface area contributed by atoms with Crippen LogP contribution in [0.3, 0.4) is 0 Å². The van der Waals surface area contributed by atoms with E-state index in [0.29, 0.717) is 0 Å². The molecular weight excluding hydrogens is 553 g/mol. The lowest BCUT2D eigenvalue weighted by Crippen LogP contribution is -2.14. The van der Waals surface area contributed by atoms with Crippen LogP contribution in [0.4, 0.5) is 0 Å². The normalized spacial score (nSPS) is 16.5. The zero-order valence-corrected chi connectivity index (χ0v) is 24.7. The second-order valence-corrected chi connectivity index (χ2v) is 13.1. The van der Waals surface area contributed by atoms with Crippen molar-refractivity contribution < 1.29 is 0 Å². The maximum Gasteiger partial charge on any atom is 0.0931 e. The molecule has 0 saturated carbocycles. The van der Waals surface area contributed by atoms with Gasteiger partial charge in [0, 0.05) is 9.58 Å². The van der Waals surface area contributed by atoms with E-state index >= 15 is 0 Å². The number of hydrogen-bond donors (Lipinski definition) is 1. The number of fused-ring (bicyclic) bond motifs is 7. The highest BCUT2D eigenvalue weighted by atomic mass is 32.1. The number of allylic oxidation sites excluding steroid dienone is 1. The number of aromatic nitrogens is 2. The van der Waals surface area contributed by atoms with Crippen molar-refractivity contribution in [2.45, 2.75) is 11.8 Å². The first-order chi connectivity index (χ1) is 21.8. The lowest BCUT2D eigenvalue weighted by atomic mass is 9.81. The molecule has 0 radical (unpaired) electrons. The van der Waals surface area contributed by atoms with Gasteiger partial charge in [-0.1, -0.05) is 91.0 Å². The lowest BCUT2D eigenvalue weighted by Gasteiger charge is -2.22. The van der Waals surface area contributed by atoms with Gasteiger partial charge in [-0.15, -0.1) is 11.3 Å². The Kier molecular flexibility index (Phi) is 4.89. The number of thiophene rings is 1. The van der Waals surface area contributed by atoms with E-state index in [4.69, 9.17) is 0 Å². The Balaban J connectivity index is 1.28. The van der Waals surface area contributed by atoms with Crippen molar-refractivity contribution in [2.24, 2.45) is 0 Å². The highest BCUT2D eigenvalue weighted by Gasteiger charge is 2.56. The van der Waals surface area contributed by atoms with Crippen LogP contribution in [0, 0.1) is 0 Å². The molecule has 0 saturated heterocycles. The van der Waals surface area contributed by atoms with Crippen molar-refractivity contribution in [3.63, 3.8) is 0 Å². The quantitative estimate of drug-likeness (QED) is 0.221. The fourth-order valence-corrected chi connectivity index (χ4v) is 9.08. The molecule has 0 fully saturated rings. The van der Waals surface area contributed by atoms with Gasteiger partial charge in [0.25, 0.3) is 0 Å². The van der Waals surface area contributed by atoms with Gasteiger partial charge in [0.1, 0.15) is 0 Å². The summed E-state index contributed by atoms with van der Waals surface area (Å²) in [4.78, 5) is 9.27. The molecule has 1 atom stereocenters. The third-order valence-electron chi connectivity index (χ3n) is 9.68. The SMILES string of the molecule is C1=Cc2c(cc(-c3cc(-c4ccc5nc[nH]c5c4)cc(C4(c5ccccc5)c5sc6ccccc6c54)c3)c3ccccc23)C1. The van der Waals surface area contributed by atoms with Crippen LogP contribution in [-0.4, -0.2) is 9.97 Å². The van der Waals surface area contributed by atoms with Crippen molar-refractivity contribution in [3.8, 4) is 22.3 Å². The molecule has 8 aromatic rings. The topological polar surface area (TPSA) is 28.7 Å². The van der Waals surface area contributed by atoms with Crippen LogP contribution in [0.1, 0.15) is 32.7 Å². The second kappa shape index (κ2) is 8.89. The molecule has 1 N–H and O–H groups in total. The minimum Gasteiger partial charge on any atom is -0.345 e. The van der Waals surface area contributed by atoms with Crippen molar-refractivity contribution in [1.82, 2.24) is 9.97 Å². The molecule has 3 heteroatoms. The summed E-state index contributed by atoms with van der Waals surface area (Å²) in [6.45, 7) is 0. The Morgan fingerprint density at radius 1 is 0.659 bits per heavy atom. The van der Waals surface area contributed by atoms with E-state index < -0.39 is 0 Å². The van der Waals surface area contributed by atoms with Gasteiger partial charge in [0.15, 0.2) is 0 Å². The molecule has 0 aliphatic heterocycles. The Morgan fingerprint density at radius 2 is 1.45 bits per heavy atom. The summed E-state index contributed by atoms with van der Waals surface area (Å²) >= 11 is 1.95. The van der Waals surface area contributed by atoms with Crippen LogP contribution >= 0.6 is 11.3 Å². The van der Waals surface area contributed by atoms with Gasteiger partial charge in [-0.25, -0.2) is 4.98 Å². The van der Waals surface area contributed by atoms with Gasteiger partial charge < -0.3 is 4.98 Å². The van der Waals surface area contributed by atoms with Gasteiger partial charge in [-0.2, -0.15) is 0 Å². The average Bonchev–Trinajstić information content (AvgIpc) is 3.54. The molecule has 2 heterocycles. The Bertz CT molecular complexity index is 2480. The van der Waals surface area contributed by atoms with Crippen LogP contribution in [0.5, 0.6) is 0 Å². The molecule has 1 unspecified atom stereocenters. The standard InChI is InChI=1S/C41H26N2S/c1-2-10-29(11-3-1)41(39-34-14-6-7-16-38(34)44-40(39)41)30-20-27(25-17-18-36-37(23-25)43-24-42-36)19-28(21-30)35-22-26-9-8-15-31(26)32-12-4-5-13-33(32)35/h1-8,10-24H,9H2,(H,42,43). The molecule has 0 amide bonds. The van der Waals surface area contributed by atoms with Crippen LogP contribution in [0.2, 0.25) is 0 Å². The number of hydrogen-bond acceptors (Lipinski definition) is 2. The molecule has 2 nitrogen and oxygen atoms in total. The van der Waals surface area contributed by atoms with Crippen molar-refractivity contribution >= 4 is 49.3 Å². The minimum atomic E-state index is -0.253. The second-order valence-electron chi connectivity index (χ2n) is 12.0. The largest absolute Gasteiger partial charge is 0.345 e. The Hall–Kier alpha value is -5.25. The maximum atomic E-state index is 4.48. The van der Waals surface area contributed by atoms with Crippen molar-refractivity contribution in [1.29, 1.82) is 0 Å². The number of nitrogens with one attached hydrogen (secondary N) is 1. The van der Waals surface area contributed by atoms with Crippen molar-refractivity contribution in [3.05, 3.63) is 166 Å². The van der Waals surface area contributed by atoms with E-state index in [1.807, 2.05) is 11.3 Å². The highest BCUT2D eigenvalue weighted by Crippen LogP contribution is 2.66. The molecule has 0 bridgehead atoms. The first-order valence-corrected chi connectivity index (χ1v) is 16.0. The summed E-state index contributed by atoms with van der Waals surface area (Å²) in [5.41, 5.74) is 13.6. The van der Waals surface area contributed by atoms with Crippen molar-refractivity contribution in [2.75, 3.05) is 0 Å². The van der Waals surface area contributed by atoms with Gasteiger partial charge in [0.05, 0.1) is 22.8 Å². The third-order valence-corrected chi connectivity index (χ3v) is 11.0. The molecule has 6 aromatic carbocycles. The molecule has 10 rings (SSSR count). The summed E-state index contributed by atoms with van der Waals surface area (Å²) in [5, 5.41) is 4.00. The van der Waals surface area contributed by atoms with Gasteiger partial charge >= 0.3 is 0 Å². The summed E-state index contributed by atoms with van der Waals surface area (Å²) in [6.07, 6.45) is 7.34. The smallest absolute Gasteiger partial charge is 0.0931 e. The molecule has 0 spiro atoms. The molecule has 2 aromatic heterocycles. The monoisotopic (exact) mass is 578 g/mol. The number of aromatic amines is 1. The van der Waals surface area contributed by atoms with Gasteiger partial charge in [-0.05, 0) is 115 Å². The first kappa shape index (κ1) is 24.2. The number of rotatable bonds is 4.